The Labute approximate surface area is 144 Å². The van der Waals surface area contributed by atoms with Crippen molar-refractivity contribution in [3.05, 3.63) is 46.7 Å². The van der Waals surface area contributed by atoms with Crippen molar-refractivity contribution in [1.82, 2.24) is 10.3 Å². The Morgan fingerprint density at radius 2 is 2.17 bits per heavy atom. The smallest absolute Gasteiger partial charge is 0.229 e. The lowest BCUT2D eigenvalue weighted by atomic mass is 9.92. The van der Waals surface area contributed by atoms with Crippen molar-refractivity contribution < 1.29 is 9.18 Å². The summed E-state index contributed by atoms with van der Waals surface area (Å²) in [6.45, 7) is 2.02. The maximum Gasteiger partial charge on any atom is 0.229 e. The third-order valence-corrected chi connectivity index (χ3v) is 6.12. The Bertz CT molecular complexity index is 754. The maximum absolute atomic E-state index is 13.7. The summed E-state index contributed by atoms with van der Waals surface area (Å²) in [6, 6.07) is 6.75. The number of thiazole rings is 1. The van der Waals surface area contributed by atoms with Crippen LogP contribution in [0, 0.1) is 17.2 Å². The second kappa shape index (κ2) is 6.26. The Morgan fingerprint density at radius 3 is 2.96 bits per heavy atom. The number of piperidine rings is 1. The molecule has 0 radical (unpaired) electrons. The van der Waals surface area contributed by atoms with E-state index in [1.807, 2.05) is 6.07 Å². The molecule has 2 N–H and O–H groups in total. The molecule has 1 amide bonds. The fourth-order valence-electron chi connectivity index (χ4n) is 3.66. The highest BCUT2D eigenvalue weighted by Gasteiger charge is 2.57. The first kappa shape index (κ1) is 15.7. The highest BCUT2D eigenvalue weighted by molar-refractivity contribution is 7.15. The number of anilines is 1. The van der Waals surface area contributed by atoms with Gasteiger partial charge in [0.1, 0.15) is 5.82 Å². The van der Waals surface area contributed by atoms with Gasteiger partial charge < -0.3 is 10.6 Å². The first-order valence-electron chi connectivity index (χ1n) is 8.36. The van der Waals surface area contributed by atoms with Gasteiger partial charge in [-0.05, 0) is 49.4 Å². The van der Waals surface area contributed by atoms with Gasteiger partial charge in [0.15, 0.2) is 5.13 Å². The second-order valence-electron chi connectivity index (χ2n) is 6.76. The van der Waals surface area contributed by atoms with Gasteiger partial charge in [-0.25, -0.2) is 9.37 Å². The monoisotopic (exact) mass is 345 g/mol. The Morgan fingerprint density at radius 1 is 1.38 bits per heavy atom. The molecule has 4 rings (SSSR count). The fourth-order valence-corrected chi connectivity index (χ4v) is 4.50. The van der Waals surface area contributed by atoms with Gasteiger partial charge in [-0.15, -0.1) is 11.3 Å². The van der Waals surface area contributed by atoms with E-state index in [-0.39, 0.29) is 23.1 Å². The summed E-state index contributed by atoms with van der Waals surface area (Å²) in [6.07, 6.45) is 5.39. The molecule has 2 heterocycles. The molecular weight excluding hydrogens is 325 g/mol. The van der Waals surface area contributed by atoms with Crippen molar-refractivity contribution in [3.8, 4) is 0 Å². The molecule has 2 aromatic rings. The first-order chi connectivity index (χ1) is 11.7. The minimum atomic E-state index is -0.206. The summed E-state index contributed by atoms with van der Waals surface area (Å²) < 4.78 is 13.7. The van der Waals surface area contributed by atoms with Crippen molar-refractivity contribution >= 4 is 22.4 Å². The SMILES string of the molecule is O=C(Nc1ncc(Cc2ccccc2F)s1)C1CC12CCNCC2. The summed E-state index contributed by atoms with van der Waals surface area (Å²) in [5, 5.41) is 6.91. The number of nitrogens with one attached hydrogen (secondary N) is 2. The van der Waals surface area contributed by atoms with Crippen molar-refractivity contribution in [3.63, 3.8) is 0 Å². The van der Waals surface area contributed by atoms with Crippen LogP contribution in [0.25, 0.3) is 0 Å². The van der Waals surface area contributed by atoms with E-state index in [0.717, 1.165) is 37.2 Å². The summed E-state index contributed by atoms with van der Waals surface area (Å²) in [7, 11) is 0. The quantitative estimate of drug-likeness (QED) is 0.895. The summed E-state index contributed by atoms with van der Waals surface area (Å²) >= 11 is 1.42. The van der Waals surface area contributed by atoms with Crippen molar-refractivity contribution in [2.45, 2.75) is 25.7 Å². The molecule has 1 aromatic carbocycles. The van der Waals surface area contributed by atoms with Gasteiger partial charge in [-0.1, -0.05) is 18.2 Å². The number of hydrogen-bond acceptors (Lipinski definition) is 4. The van der Waals surface area contributed by atoms with Crippen LogP contribution in [0.4, 0.5) is 9.52 Å². The standard InChI is InChI=1S/C18H20FN3OS/c19-15-4-2-1-3-12(15)9-13-11-21-17(24-13)22-16(23)14-10-18(14)5-7-20-8-6-18/h1-4,11,14,20H,5-10H2,(H,21,22,23). The highest BCUT2D eigenvalue weighted by atomic mass is 32.1. The van der Waals surface area contributed by atoms with E-state index in [4.69, 9.17) is 0 Å². The average Bonchev–Trinajstić information content (AvgIpc) is 3.09. The lowest BCUT2D eigenvalue weighted by Crippen LogP contribution is -2.31. The van der Waals surface area contributed by atoms with Gasteiger partial charge in [0.2, 0.25) is 5.91 Å². The molecule has 2 aliphatic rings. The van der Waals surface area contributed by atoms with Gasteiger partial charge in [0.05, 0.1) is 0 Å². The number of carbonyl (C=O) groups is 1. The van der Waals surface area contributed by atoms with Crippen molar-refractivity contribution in [1.29, 1.82) is 0 Å². The molecule has 4 nitrogen and oxygen atoms in total. The summed E-state index contributed by atoms with van der Waals surface area (Å²) in [5.74, 6) is 0.00419. The number of carbonyl (C=O) groups excluding carboxylic acids is 1. The third kappa shape index (κ3) is 3.08. The molecule has 1 spiro atoms. The van der Waals surface area contributed by atoms with E-state index in [1.54, 1.807) is 18.3 Å². The van der Waals surface area contributed by atoms with Crippen LogP contribution in [0.1, 0.15) is 29.7 Å². The zero-order valence-corrected chi connectivity index (χ0v) is 14.2. The Balaban J connectivity index is 1.37. The summed E-state index contributed by atoms with van der Waals surface area (Å²) in [4.78, 5) is 17.7. The third-order valence-electron chi connectivity index (χ3n) is 5.21. The molecule has 1 saturated carbocycles. The van der Waals surface area contributed by atoms with Crippen molar-refractivity contribution in [2.24, 2.45) is 11.3 Å². The van der Waals surface area contributed by atoms with E-state index >= 15 is 0 Å². The number of amides is 1. The van der Waals surface area contributed by atoms with Crippen LogP contribution in [-0.4, -0.2) is 24.0 Å². The van der Waals surface area contributed by atoms with Gasteiger partial charge in [-0.3, -0.25) is 4.79 Å². The zero-order valence-electron chi connectivity index (χ0n) is 13.3. The second-order valence-corrected chi connectivity index (χ2v) is 7.87. The van der Waals surface area contributed by atoms with E-state index in [9.17, 15) is 9.18 Å². The topological polar surface area (TPSA) is 54.0 Å². The zero-order chi connectivity index (χ0) is 16.6. The first-order valence-corrected chi connectivity index (χ1v) is 9.18. The average molecular weight is 345 g/mol. The van der Waals surface area contributed by atoms with E-state index in [2.05, 4.69) is 15.6 Å². The Hall–Kier alpha value is -1.79. The van der Waals surface area contributed by atoms with Crippen LogP contribution >= 0.6 is 11.3 Å². The lowest BCUT2D eigenvalue weighted by molar-refractivity contribution is -0.118. The number of aromatic nitrogens is 1. The number of rotatable bonds is 4. The molecule has 1 unspecified atom stereocenters. The van der Waals surface area contributed by atoms with Crippen LogP contribution in [-0.2, 0) is 11.2 Å². The minimum Gasteiger partial charge on any atom is -0.317 e. The minimum absolute atomic E-state index is 0.0868. The molecule has 1 aliphatic heterocycles. The fraction of sp³-hybridized carbons (Fsp3) is 0.444. The maximum atomic E-state index is 13.7. The molecular formula is C18H20FN3OS. The highest BCUT2D eigenvalue weighted by Crippen LogP contribution is 2.58. The molecule has 0 bridgehead atoms. The van der Waals surface area contributed by atoms with Crippen molar-refractivity contribution in [2.75, 3.05) is 18.4 Å². The van der Waals surface area contributed by atoms with Gasteiger partial charge in [0, 0.05) is 23.4 Å². The van der Waals surface area contributed by atoms with Gasteiger partial charge in [0.25, 0.3) is 0 Å². The summed E-state index contributed by atoms with van der Waals surface area (Å²) in [5.41, 5.74) is 0.873. The normalized spacial score (nSPS) is 21.6. The van der Waals surface area contributed by atoms with E-state index < -0.39 is 0 Å². The number of benzene rings is 1. The molecule has 24 heavy (non-hydrogen) atoms. The number of halogens is 1. The van der Waals surface area contributed by atoms with Crippen LogP contribution in [0.5, 0.6) is 0 Å². The number of hydrogen-bond donors (Lipinski definition) is 2. The van der Waals surface area contributed by atoms with Crippen LogP contribution in [0.15, 0.2) is 30.5 Å². The molecule has 1 atom stereocenters. The van der Waals surface area contributed by atoms with E-state index in [0.29, 0.717) is 17.1 Å². The molecule has 6 heteroatoms. The van der Waals surface area contributed by atoms with Crippen LogP contribution < -0.4 is 10.6 Å². The molecule has 1 aromatic heterocycles. The molecule has 1 saturated heterocycles. The lowest BCUT2D eigenvalue weighted by Gasteiger charge is -2.22. The van der Waals surface area contributed by atoms with Crippen LogP contribution in [0.3, 0.4) is 0 Å². The largest absolute Gasteiger partial charge is 0.317 e. The predicted octanol–water partition coefficient (Wildman–Crippen LogP) is 3.20. The predicted molar refractivity (Wildman–Crippen MR) is 92.6 cm³/mol. The van der Waals surface area contributed by atoms with Gasteiger partial charge in [-0.2, -0.15) is 0 Å². The molecule has 2 fully saturated rings. The van der Waals surface area contributed by atoms with E-state index in [1.165, 1.54) is 17.4 Å². The van der Waals surface area contributed by atoms with Gasteiger partial charge >= 0.3 is 0 Å². The molecule has 1 aliphatic carbocycles. The number of nitrogens with zero attached hydrogens (tertiary/aromatic N) is 1. The Kier molecular flexibility index (Phi) is 4.10. The van der Waals surface area contributed by atoms with Crippen LogP contribution in [0.2, 0.25) is 0 Å². The molecule has 126 valence electrons.